The molecular weight excluding hydrogens is 296 g/mol. The number of hydrogen-bond donors (Lipinski definition) is 2. The molecule has 0 saturated heterocycles. The fraction of sp³-hybridized carbons (Fsp3) is 0.667. The van der Waals surface area contributed by atoms with Crippen LogP contribution < -0.4 is 11.1 Å². The molecule has 120 valence electrons. The number of unbranched alkanes of at least 4 members (excludes halogenated alkanes) is 1. The number of nitrogens with two attached hydrogens (primary N) is 1. The first-order valence-corrected chi connectivity index (χ1v) is 8.66. The van der Waals surface area contributed by atoms with Crippen molar-refractivity contribution in [3.8, 4) is 0 Å². The summed E-state index contributed by atoms with van der Waals surface area (Å²) >= 11 is 0. The Labute approximate surface area is 124 Å². The number of esters is 1. The molecule has 1 rings (SSSR count). The molecule has 3 N–H and O–H groups in total. The van der Waals surface area contributed by atoms with Gasteiger partial charge in [-0.25, -0.2) is 13.1 Å². The van der Waals surface area contributed by atoms with Crippen LogP contribution in [0.4, 0.5) is 11.6 Å². The van der Waals surface area contributed by atoms with Crippen LogP contribution in [0.25, 0.3) is 0 Å². The van der Waals surface area contributed by atoms with Crippen LogP contribution in [0.5, 0.6) is 0 Å². The molecule has 0 unspecified atom stereocenters. The zero-order chi connectivity index (χ0) is 16.0. The molecule has 21 heavy (non-hydrogen) atoms. The predicted molar refractivity (Wildman–Crippen MR) is 79.8 cm³/mol. The number of anilines is 2. The van der Waals surface area contributed by atoms with Gasteiger partial charge in [0.15, 0.2) is 20.6 Å². The molecule has 0 radical (unpaired) electrons. The van der Waals surface area contributed by atoms with E-state index in [1.807, 2.05) is 6.92 Å². The van der Waals surface area contributed by atoms with Gasteiger partial charge in [-0.1, -0.05) is 13.3 Å². The highest BCUT2D eigenvalue weighted by molar-refractivity contribution is 7.91. The molecule has 0 fully saturated rings. The van der Waals surface area contributed by atoms with Crippen LogP contribution in [0.15, 0.2) is 4.90 Å². The number of carbonyl (C=O) groups is 1. The normalized spacial score (nSPS) is 11.4. The minimum absolute atomic E-state index is 0.0652. The second-order valence-corrected chi connectivity index (χ2v) is 6.53. The standard InChI is InChI=1S/C12H22N4O4S/c1-4-6-7-14-12-10(21(3,18)19)11(13)16(15-12)8-9(17)20-5-2/h4-8,13H2,1-3H3,(H,14,15). The summed E-state index contributed by atoms with van der Waals surface area (Å²) in [4.78, 5) is 11.4. The maximum Gasteiger partial charge on any atom is 0.327 e. The van der Waals surface area contributed by atoms with Crippen molar-refractivity contribution in [3.63, 3.8) is 0 Å². The van der Waals surface area contributed by atoms with Gasteiger partial charge in [-0.2, -0.15) is 5.10 Å². The van der Waals surface area contributed by atoms with Crippen LogP contribution in [0.3, 0.4) is 0 Å². The van der Waals surface area contributed by atoms with Gasteiger partial charge in [0.1, 0.15) is 12.4 Å². The summed E-state index contributed by atoms with van der Waals surface area (Å²) in [5.74, 6) is -0.413. The van der Waals surface area contributed by atoms with Crippen LogP contribution >= 0.6 is 0 Å². The zero-order valence-electron chi connectivity index (χ0n) is 12.5. The van der Waals surface area contributed by atoms with Gasteiger partial charge in [-0.05, 0) is 13.3 Å². The van der Waals surface area contributed by atoms with Crippen molar-refractivity contribution < 1.29 is 17.9 Å². The first kappa shape index (κ1) is 17.3. The molecular formula is C12H22N4O4S. The third-order valence-electron chi connectivity index (χ3n) is 2.72. The molecule has 0 spiro atoms. The fourth-order valence-corrected chi connectivity index (χ4v) is 2.72. The van der Waals surface area contributed by atoms with Gasteiger partial charge in [0, 0.05) is 12.8 Å². The molecule has 0 bridgehead atoms. The summed E-state index contributed by atoms with van der Waals surface area (Å²) < 4.78 is 29.6. The van der Waals surface area contributed by atoms with E-state index in [0.29, 0.717) is 6.54 Å². The number of ether oxygens (including phenoxy) is 1. The summed E-state index contributed by atoms with van der Waals surface area (Å²) in [6.45, 7) is 4.30. The number of aromatic nitrogens is 2. The van der Waals surface area contributed by atoms with E-state index in [4.69, 9.17) is 10.5 Å². The first-order chi connectivity index (χ1) is 9.81. The monoisotopic (exact) mass is 318 g/mol. The Bertz CT molecular complexity index is 595. The lowest BCUT2D eigenvalue weighted by Gasteiger charge is -2.04. The quantitative estimate of drug-likeness (QED) is 0.533. The third kappa shape index (κ3) is 4.62. The van der Waals surface area contributed by atoms with E-state index >= 15 is 0 Å². The van der Waals surface area contributed by atoms with Gasteiger partial charge < -0.3 is 15.8 Å². The summed E-state index contributed by atoms with van der Waals surface area (Å²) in [5, 5.41) is 7.01. The first-order valence-electron chi connectivity index (χ1n) is 6.77. The Balaban J connectivity index is 3.09. The van der Waals surface area contributed by atoms with E-state index in [-0.39, 0.29) is 29.7 Å². The molecule has 0 amide bonds. The molecule has 1 aromatic rings. The molecule has 0 aliphatic heterocycles. The van der Waals surface area contributed by atoms with Crippen molar-refractivity contribution in [1.82, 2.24) is 9.78 Å². The van der Waals surface area contributed by atoms with Crippen LogP contribution in [0, 0.1) is 0 Å². The van der Waals surface area contributed by atoms with Crippen LogP contribution in [-0.4, -0.2) is 43.6 Å². The summed E-state index contributed by atoms with van der Waals surface area (Å²) in [5.41, 5.74) is 5.81. The van der Waals surface area contributed by atoms with Gasteiger partial charge in [0.05, 0.1) is 6.61 Å². The highest BCUT2D eigenvalue weighted by Crippen LogP contribution is 2.27. The van der Waals surface area contributed by atoms with Gasteiger partial charge in [0.25, 0.3) is 0 Å². The Morgan fingerprint density at radius 2 is 2.10 bits per heavy atom. The minimum Gasteiger partial charge on any atom is -0.465 e. The van der Waals surface area contributed by atoms with Gasteiger partial charge >= 0.3 is 5.97 Å². The molecule has 9 heteroatoms. The zero-order valence-corrected chi connectivity index (χ0v) is 13.4. The van der Waals surface area contributed by atoms with Gasteiger partial charge in [-0.15, -0.1) is 0 Å². The van der Waals surface area contributed by atoms with Crippen LogP contribution in [-0.2, 0) is 25.9 Å². The van der Waals surface area contributed by atoms with E-state index in [9.17, 15) is 13.2 Å². The summed E-state index contributed by atoms with van der Waals surface area (Å²) in [6, 6.07) is 0. The maximum atomic E-state index is 11.8. The van der Waals surface area contributed by atoms with Crippen molar-refractivity contribution >= 4 is 27.4 Å². The fourth-order valence-electron chi connectivity index (χ4n) is 1.77. The smallest absolute Gasteiger partial charge is 0.327 e. The molecule has 1 aromatic heterocycles. The Kier molecular flexibility index (Phi) is 6.01. The average Bonchev–Trinajstić information content (AvgIpc) is 2.66. The lowest BCUT2D eigenvalue weighted by Crippen LogP contribution is -2.16. The van der Waals surface area contributed by atoms with E-state index < -0.39 is 15.8 Å². The molecule has 8 nitrogen and oxygen atoms in total. The van der Waals surface area contributed by atoms with E-state index in [2.05, 4.69) is 10.4 Å². The maximum absolute atomic E-state index is 11.8. The number of carbonyl (C=O) groups excluding carboxylic acids is 1. The van der Waals surface area contributed by atoms with Crippen molar-refractivity contribution in [3.05, 3.63) is 0 Å². The number of sulfone groups is 1. The predicted octanol–water partition coefficient (Wildman–Crippen LogP) is 0.644. The second-order valence-electron chi connectivity index (χ2n) is 4.58. The Morgan fingerprint density at radius 1 is 1.43 bits per heavy atom. The summed E-state index contributed by atoms with van der Waals surface area (Å²) in [6.07, 6.45) is 2.88. The molecule has 0 aromatic carbocycles. The van der Waals surface area contributed by atoms with E-state index in [1.165, 1.54) is 0 Å². The summed E-state index contributed by atoms with van der Waals surface area (Å²) in [7, 11) is -3.55. The molecule has 0 aliphatic rings. The van der Waals surface area contributed by atoms with Gasteiger partial charge in [0.2, 0.25) is 0 Å². The van der Waals surface area contributed by atoms with E-state index in [0.717, 1.165) is 23.8 Å². The second kappa shape index (κ2) is 7.30. The minimum atomic E-state index is -3.55. The van der Waals surface area contributed by atoms with E-state index in [1.54, 1.807) is 6.92 Å². The van der Waals surface area contributed by atoms with Crippen LogP contribution in [0.1, 0.15) is 26.7 Å². The molecule has 1 heterocycles. The highest BCUT2D eigenvalue weighted by atomic mass is 32.2. The topological polar surface area (TPSA) is 116 Å². The molecule has 0 atom stereocenters. The van der Waals surface area contributed by atoms with Crippen LogP contribution in [0.2, 0.25) is 0 Å². The highest BCUT2D eigenvalue weighted by Gasteiger charge is 2.25. The van der Waals surface area contributed by atoms with Crippen molar-refractivity contribution in [1.29, 1.82) is 0 Å². The number of nitrogens with zero attached hydrogens (tertiary/aromatic N) is 2. The lowest BCUT2D eigenvalue weighted by molar-refractivity contribution is -0.144. The largest absolute Gasteiger partial charge is 0.465 e. The molecule has 0 aliphatic carbocycles. The number of nitrogens with one attached hydrogen (secondary N) is 1. The SMILES string of the molecule is CCCCNc1nn(CC(=O)OCC)c(N)c1S(C)(=O)=O. The molecule has 0 saturated carbocycles. The number of nitrogen functional groups attached to an aromatic ring is 1. The third-order valence-corrected chi connectivity index (χ3v) is 3.87. The lowest BCUT2D eigenvalue weighted by atomic mass is 10.3. The van der Waals surface area contributed by atoms with Crippen molar-refractivity contribution in [2.75, 3.05) is 30.5 Å². The van der Waals surface area contributed by atoms with Gasteiger partial charge in [-0.3, -0.25) is 4.79 Å². The Morgan fingerprint density at radius 3 is 2.62 bits per heavy atom. The van der Waals surface area contributed by atoms with Crippen molar-refractivity contribution in [2.45, 2.75) is 38.1 Å². The number of hydrogen-bond acceptors (Lipinski definition) is 7. The van der Waals surface area contributed by atoms with Crippen molar-refractivity contribution in [2.24, 2.45) is 0 Å². The Hall–Kier alpha value is -1.77. The number of rotatable bonds is 8. The average molecular weight is 318 g/mol.